The Balaban J connectivity index is 1.92. The molecule has 0 saturated carbocycles. The molecule has 0 heterocycles. The van der Waals surface area contributed by atoms with E-state index in [0.29, 0.717) is 6.61 Å². The normalized spacial score (nSPS) is 10.4. The van der Waals surface area contributed by atoms with E-state index >= 15 is 0 Å². The second-order valence-corrected chi connectivity index (χ2v) is 4.11. The number of hydrogen-bond acceptors (Lipinski definition) is 3. The molecular formula is C15H16N4O. The van der Waals surface area contributed by atoms with Crippen molar-refractivity contribution in [3.05, 3.63) is 65.7 Å². The van der Waals surface area contributed by atoms with Crippen molar-refractivity contribution in [2.45, 2.75) is 6.61 Å². The van der Waals surface area contributed by atoms with Crippen LogP contribution in [0.3, 0.4) is 0 Å². The third-order valence-electron chi connectivity index (χ3n) is 2.51. The molecule has 0 atom stereocenters. The van der Waals surface area contributed by atoms with Crippen LogP contribution in [0.4, 0.5) is 0 Å². The first-order valence-corrected chi connectivity index (χ1v) is 6.13. The summed E-state index contributed by atoms with van der Waals surface area (Å²) in [6, 6.07) is 17.5. The van der Waals surface area contributed by atoms with Crippen LogP contribution < -0.4 is 16.2 Å². The van der Waals surface area contributed by atoms with E-state index in [1.807, 2.05) is 54.6 Å². The number of benzene rings is 2. The first-order chi connectivity index (χ1) is 9.74. The molecule has 0 aliphatic rings. The zero-order chi connectivity index (χ0) is 14.2. The zero-order valence-electron chi connectivity index (χ0n) is 10.9. The summed E-state index contributed by atoms with van der Waals surface area (Å²) in [5.74, 6) is 0.733. The van der Waals surface area contributed by atoms with Crippen molar-refractivity contribution in [2.75, 3.05) is 0 Å². The van der Waals surface area contributed by atoms with E-state index in [1.165, 1.54) is 0 Å². The predicted octanol–water partition coefficient (Wildman–Crippen LogP) is 1.87. The Labute approximate surface area is 117 Å². The third kappa shape index (κ3) is 4.45. The van der Waals surface area contributed by atoms with Crippen LogP contribution >= 0.6 is 0 Å². The van der Waals surface area contributed by atoms with Crippen LogP contribution in [-0.4, -0.2) is 12.2 Å². The first kappa shape index (κ1) is 13.6. The maximum atomic E-state index is 5.68. The topological polar surface area (TPSA) is 86.0 Å². The minimum atomic E-state index is -0.0657. The lowest BCUT2D eigenvalue weighted by Crippen LogP contribution is -2.21. The molecule has 0 fully saturated rings. The molecule has 5 nitrogen and oxygen atoms in total. The molecule has 0 unspecified atom stereocenters. The van der Waals surface area contributed by atoms with Gasteiger partial charge in [-0.1, -0.05) is 30.3 Å². The van der Waals surface area contributed by atoms with Crippen molar-refractivity contribution in [1.82, 2.24) is 0 Å². The fourth-order valence-corrected chi connectivity index (χ4v) is 1.55. The third-order valence-corrected chi connectivity index (χ3v) is 2.51. The lowest BCUT2D eigenvalue weighted by Gasteiger charge is -2.06. The van der Waals surface area contributed by atoms with Crippen LogP contribution in [0.15, 0.2) is 64.8 Å². The van der Waals surface area contributed by atoms with Gasteiger partial charge < -0.3 is 16.2 Å². The van der Waals surface area contributed by atoms with E-state index in [4.69, 9.17) is 16.2 Å². The standard InChI is InChI=1S/C15H16N4O/c16-15(17)19-18-10-12-6-8-14(9-7-12)20-11-13-4-2-1-3-5-13/h1-10H,11H2,(H4,16,17,19)/b18-10+. The van der Waals surface area contributed by atoms with Crippen molar-refractivity contribution in [1.29, 1.82) is 0 Å². The molecule has 20 heavy (non-hydrogen) atoms. The van der Waals surface area contributed by atoms with Gasteiger partial charge in [0, 0.05) is 0 Å². The quantitative estimate of drug-likeness (QED) is 0.493. The fourth-order valence-electron chi connectivity index (χ4n) is 1.55. The lowest BCUT2D eigenvalue weighted by molar-refractivity contribution is 0.306. The lowest BCUT2D eigenvalue weighted by atomic mass is 10.2. The van der Waals surface area contributed by atoms with Crippen molar-refractivity contribution < 1.29 is 4.74 Å². The monoisotopic (exact) mass is 268 g/mol. The van der Waals surface area contributed by atoms with Gasteiger partial charge >= 0.3 is 0 Å². The van der Waals surface area contributed by atoms with Gasteiger partial charge in [0.2, 0.25) is 5.96 Å². The molecule has 2 aromatic rings. The van der Waals surface area contributed by atoms with Crippen LogP contribution in [0.2, 0.25) is 0 Å². The summed E-state index contributed by atoms with van der Waals surface area (Å²) >= 11 is 0. The summed E-state index contributed by atoms with van der Waals surface area (Å²) in [6.07, 6.45) is 1.57. The average molecular weight is 268 g/mol. The van der Waals surface area contributed by atoms with E-state index in [0.717, 1.165) is 16.9 Å². The number of hydrogen-bond donors (Lipinski definition) is 2. The number of rotatable bonds is 5. The molecule has 0 amide bonds. The van der Waals surface area contributed by atoms with Crippen molar-refractivity contribution >= 4 is 12.2 Å². The van der Waals surface area contributed by atoms with Crippen LogP contribution in [0.5, 0.6) is 5.75 Å². The molecule has 0 bridgehead atoms. The highest BCUT2D eigenvalue weighted by Crippen LogP contribution is 2.13. The number of nitrogens with two attached hydrogens (primary N) is 2. The van der Waals surface area contributed by atoms with Gasteiger partial charge in [0.15, 0.2) is 0 Å². The van der Waals surface area contributed by atoms with Gasteiger partial charge in [0.1, 0.15) is 12.4 Å². The van der Waals surface area contributed by atoms with Crippen molar-refractivity contribution in [2.24, 2.45) is 21.7 Å². The molecule has 0 spiro atoms. The summed E-state index contributed by atoms with van der Waals surface area (Å²) in [4.78, 5) is 0. The van der Waals surface area contributed by atoms with Crippen LogP contribution in [-0.2, 0) is 6.61 Å². The average Bonchev–Trinajstić information content (AvgIpc) is 2.47. The SMILES string of the molecule is NC(N)=N/N=C/c1ccc(OCc2ccccc2)cc1. The molecule has 0 saturated heterocycles. The molecular weight excluding hydrogens is 252 g/mol. The van der Waals surface area contributed by atoms with Crippen LogP contribution in [0.25, 0.3) is 0 Å². The highest BCUT2D eigenvalue weighted by molar-refractivity contribution is 5.81. The zero-order valence-corrected chi connectivity index (χ0v) is 10.9. The van der Waals surface area contributed by atoms with Gasteiger partial charge in [-0.3, -0.25) is 0 Å². The van der Waals surface area contributed by atoms with Crippen LogP contribution in [0.1, 0.15) is 11.1 Å². The van der Waals surface area contributed by atoms with Gasteiger partial charge in [-0.15, -0.1) is 5.10 Å². The Bertz CT molecular complexity index is 587. The Morgan fingerprint density at radius 1 is 1.00 bits per heavy atom. The maximum absolute atomic E-state index is 5.68. The summed E-state index contributed by atoms with van der Waals surface area (Å²) < 4.78 is 5.68. The largest absolute Gasteiger partial charge is 0.489 e. The molecule has 0 aliphatic carbocycles. The number of ether oxygens (including phenoxy) is 1. The number of guanidine groups is 1. The van der Waals surface area contributed by atoms with Crippen molar-refractivity contribution in [3.63, 3.8) is 0 Å². The van der Waals surface area contributed by atoms with E-state index in [2.05, 4.69) is 10.2 Å². The van der Waals surface area contributed by atoms with E-state index in [1.54, 1.807) is 6.21 Å². The first-order valence-electron chi connectivity index (χ1n) is 6.13. The summed E-state index contributed by atoms with van der Waals surface area (Å²) in [7, 11) is 0. The Morgan fingerprint density at radius 3 is 2.35 bits per heavy atom. The van der Waals surface area contributed by atoms with Gasteiger partial charge in [0.05, 0.1) is 6.21 Å². The summed E-state index contributed by atoms with van der Waals surface area (Å²) in [5, 5.41) is 7.27. The Kier molecular flexibility index (Phi) is 4.72. The summed E-state index contributed by atoms with van der Waals surface area (Å²) in [5.41, 5.74) is 12.4. The summed E-state index contributed by atoms with van der Waals surface area (Å²) in [6.45, 7) is 0.544. The van der Waals surface area contributed by atoms with Crippen molar-refractivity contribution in [3.8, 4) is 5.75 Å². The molecule has 0 aromatic heterocycles. The van der Waals surface area contributed by atoms with E-state index < -0.39 is 0 Å². The fraction of sp³-hybridized carbons (Fsp3) is 0.0667. The Morgan fingerprint density at radius 2 is 1.70 bits per heavy atom. The molecule has 4 N–H and O–H groups in total. The second-order valence-electron chi connectivity index (χ2n) is 4.11. The molecule has 102 valence electrons. The van der Waals surface area contributed by atoms with Gasteiger partial charge in [-0.25, -0.2) is 0 Å². The molecule has 0 aliphatic heterocycles. The smallest absolute Gasteiger partial charge is 0.211 e. The van der Waals surface area contributed by atoms with E-state index in [9.17, 15) is 0 Å². The van der Waals surface area contributed by atoms with Gasteiger partial charge in [-0.2, -0.15) is 5.10 Å². The molecule has 0 radical (unpaired) electrons. The maximum Gasteiger partial charge on any atom is 0.211 e. The Hall–Kier alpha value is -2.82. The number of nitrogens with zero attached hydrogens (tertiary/aromatic N) is 2. The minimum Gasteiger partial charge on any atom is -0.489 e. The molecule has 2 aromatic carbocycles. The van der Waals surface area contributed by atoms with Gasteiger partial charge in [0.25, 0.3) is 0 Å². The molecule has 2 rings (SSSR count). The second kappa shape index (κ2) is 6.94. The van der Waals surface area contributed by atoms with Crippen LogP contribution in [0, 0.1) is 0 Å². The van der Waals surface area contributed by atoms with E-state index in [-0.39, 0.29) is 5.96 Å². The molecule has 5 heteroatoms. The highest BCUT2D eigenvalue weighted by Gasteiger charge is 1.95. The highest BCUT2D eigenvalue weighted by atomic mass is 16.5. The predicted molar refractivity (Wildman–Crippen MR) is 80.6 cm³/mol. The van der Waals surface area contributed by atoms with Gasteiger partial charge in [-0.05, 0) is 35.4 Å². The minimum absolute atomic E-state index is 0.0657.